The van der Waals surface area contributed by atoms with Crippen LogP contribution in [0.3, 0.4) is 0 Å². The smallest absolute Gasteiger partial charge is 0.271 e. The van der Waals surface area contributed by atoms with Gasteiger partial charge in [-0.15, -0.1) is 0 Å². The number of methoxy groups -OCH3 is 1. The van der Waals surface area contributed by atoms with Crippen molar-refractivity contribution in [3.63, 3.8) is 0 Å². The molecule has 12 heteroatoms. The molecule has 3 aromatic carbocycles. The van der Waals surface area contributed by atoms with Gasteiger partial charge in [0.25, 0.3) is 5.69 Å². The Balaban J connectivity index is 2.07. The summed E-state index contributed by atoms with van der Waals surface area (Å²) in [4.78, 5) is 39.8. The fourth-order valence-corrected chi connectivity index (χ4v) is 5.24. The number of ether oxygens (including phenoxy) is 1. The van der Waals surface area contributed by atoms with Gasteiger partial charge in [-0.05, 0) is 35.7 Å². The van der Waals surface area contributed by atoms with Crippen molar-refractivity contribution in [3.8, 4) is 5.75 Å². The highest BCUT2D eigenvalue weighted by atomic mass is 32.2. The molecule has 2 amide bonds. The number of unbranched alkanes of at least 4 members (excludes halogenated alkanes) is 1. The molecule has 0 saturated carbocycles. The van der Waals surface area contributed by atoms with Crippen molar-refractivity contribution in [2.45, 2.75) is 38.8 Å². The maximum Gasteiger partial charge on any atom is 0.271 e. The van der Waals surface area contributed by atoms with Gasteiger partial charge in [-0.1, -0.05) is 61.9 Å². The number of sulfonamides is 1. The first kappa shape index (κ1) is 32.1. The minimum absolute atomic E-state index is 0.0126. The van der Waals surface area contributed by atoms with Crippen LogP contribution in [0.2, 0.25) is 0 Å². The number of hydrogen-bond donors (Lipinski definition) is 1. The van der Waals surface area contributed by atoms with Crippen molar-refractivity contribution in [3.05, 3.63) is 100 Å². The molecular formula is C30H36N4O7S. The standard InChI is InChI=1S/C30H36N4O7S/c1-4-5-17-31-30(36)28(19-23-11-7-6-8-12-23)32(21-24-13-9-16-27(18-24)41-2)29(35)22-33(42(3,39)40)25-14-10-15-26(20-25)34(37)38/h6-16,18,20,28H,4-5,17,19,21-22H2,1-3H3,(H,31,36)/t28-/m1/s1. The first-order valence-corrected chi connectivity index (χ1v) is 15.3. The lowest BCUT2D eigenvalue weighted by Gasteiger charge is -2.33. The normalized spacial score (nSPS) is 11.8. The van der Waals surface area contributed by atoms with Gasteiger partial charge in [-0.25, -0.2) is 8.42 Å². The van der Waals surface area contributed by atoms with Gasteiger partial charge in [0, 0.05) is 31.6 Å². The minimum Gasteiger partial charge on any atom is -0.497 e. The summed E-state index contributed by atoms with van der Waals surface area (Å²) in [5, 5.41) is 14.3. The van der Waals surface area contributed by atoms with Crippen molar-refractivity contribution in [2.75, 3.05) is 30.8 Å². The fraction of sp³-hybridized carbons (Fsp3) is 0.333. The van der Waals surface area contributed by atoms with E-state index in [4.69, 9.17) is 4.74 Å². The number of rotatable bonds is 15. The van der Waals surface area contributed by atoms with Gasteiger partial charge in [0.15, 0.2) is 0 Å². The molecular weight excluding hydrogens is 560 g/mol. The summed E-state index contributed by atoms with van der Waals surface area (Å²) in [5.41, 5.74) is 1.13. The van der Waals surface area contributed by atoms with E-state index in [0.717, 1.165) is 35.0 Å². The fourth-order valence-electron chi connectivity index (χ4n) is 4.40. The molecule has 0 bridgehead atoms. The van der Waals surface area contributed by atoms with Crippen LogP contribution in [0.1, 0.15) is 30.9 Å². The number of carbonyl (C=O) groups is 2. The lowest BCUT2D eigenvalue weighted by Crippen LogP contribution is -2.53. The SMILES string of the molecule is CCCCNC(=O)[C@@H](Cc1ccccc1)N(Cc1cccc(OC)c1)C(=O)CN(c1cccc([N+](=O)[O-])c1)S(C)(=O)=O. The molecule has 3 aromatic rings. The first-order chi connectivity index (χ1) is 20.0. The molecule has 11 nitrogen and oxygen atoms in total. The summed E-state index contributed by atoms with van der Waals surface area (Å²) in [6.07, 6.45) is 2.72. The maximum absolute atomic E-state index is 14.1. The van der Waals surface area contributed by atoms with Crippen LogP contribution >= 0.6 is 0 Å². The number of nitrogens with zero attached hydrogens (tertiary/aromatic N) is 3. The third kappa shape index (κ3) is 9.03. The van der Waals surface area contributed by atoms with Crippen LogP contribution < -0.4 is 14.4 Å². The Morgan fingerprint density at radius 3 is 2.33 bits per heavy atom. The van der Waals surface area contributed by atoms with Crippen molar-refractivity contribution in [2.24, 2.45) is 0 Å². The van der Waals surface area contributed by atoms with Crippen LogP contribution in [-0.4, -0.2) is 62.6 Å². The number of benzene rings is 3. The lowest BCUT2D eigenvalue weighted by atomic mass is 10.0. The number of nitrogens with one attached hydrogen (secondary N) is 1. The number of carbonyl (C=O) groups excluding carboxylic acids is 2. The molecule has 224 valence electrons. The summed E-state index contributed by atoms with van der Waals surface area (Å²) in [6.45, 7) is 1.74. The predicted molar refractivity (Wildman–Crippen MR) is 161 cm³/mol. The Hall–Kier alpha value is -4.45. The Kier molecular flexibility index (Phi) is 11.4. The largest absolute Gasteiger partial charge is 0.497 e. The zero-order chi connectivity index (χ0) is 30.7. The third-order valence-electron chi connectivity index (χ3n) is 6.60. The second-order valence-corrected chi connectivity index (χ2v) is 11.7. The molecule has 0 aliphatic carbocycles. The van der Waals surface area contributed by atoms with Gasteiger partial charge in [0.05, 0.1) is 24.0 Å². The predicted octanol–water partition coefficient (Wildman–Crippen LogP) is 3.93. The molecule has 0 heterocycles. The quantitative estimate of drug-likeness (QED) is 0.159. The van der Waals surface area contributed by atoms with E-state index in [1.54, 1.807) is 24.3 Å². The van der Waals surface area contributed by atoms with Gasteiger partial charge in [-0.2, -0.15) is 0 Å². The van der Waals surface area contributed by atoms with Gasteiger partial charge in [0.2, 0.25) is 21.8 Å². The molecule has 0 aromatic heterocycles. The van der Waals surface area contributed by atoms with E-state index in [1.807, 2.05) is 37.3 Å². The second kappa shape index (κ2) is 15.0. The summed E-state index contributed by atoms with van der Waals surface area (Å²) < 4.78 is 31.9. The highest BCUT2D eigenvalue weighted by Gasteiger charge is 2.33. The Bertz CT molecular complexity index is 1480. The third-order valence-corrected chi connectivity index (χ3v) is 7.74. The van der Waals surface area contributed by atoms with E-state index in [0.29, 0.717) is 17.9 Å². The van der Waals surface area contributed by atoms with E-state index < -0.39 is 33.4 Å². The molecule has 42 heavy (non-hydrogen) atoms. The topological polar surface area (TPSA) is 139 Å². The van der Waals surface area contributed by atoms with Gasteiger partial charge >= 0.3 is 0 Å². The molecule has 0 spiro atoms. The van der Waals surface area contributed by atoms with Crippen molar-refractivity contribution in [1.82, 2.24) is 10.2 Å². The van der Waals surface area contributed by atoms with Crippen molar-refractivity contribution >= 4 is 33.2 Å². The van der Waals surface area contributed by atoms with E-state index in [2.05, 4.69) is 5.32 Å². The number of nitro benzene ring substituents is 1. The summed E-state index contributed by atoms with van der Waals surface area (Å²) >= 11 is 0. The number of anilines is 1. The minimum atomic E-state index is -4.05. The number of nitro groups is 1. The Morgan fingerprint density at radius 1 is 1.00 bits per heavy atom. The van der Waals surface area contributed by atoms with Crippen LogP contribution in [-0.2, 0) is 32.6 Å². The molecule has 0 unspecified atom stereocenters. The highest BCUT2D eigenvalue weighted by Crippen LogP contribution is 2.25. The monoisotopic (exact) mass is 596 g/mol. The molecule has 0 saturated heterocycles. The maximum atomic E-state index is 14.1. The second-order valence-electron chi connectivity index (χ2n) is 9.77. The van der Waals surface area contributed by atoms with E-state index in [9.17, 15) is 28.1 Å². The molecule has 0 radical (unpaired) electrons. The average Bonchev–Trinajstić information content (AvgIpc) is 2.97. The molecule has 1 atom stereocenters. The van der Waals surface area contributed by atoms with Gasteiger partial charge in [0.1, 0.15) is 18.3 Å². The first-order valence-electron chi connectivity index (χ1n) is 13.5. The number of hydrogen-bond acceptors (Lipinski definition) is 7. The van der Waals surface area contributed by atoms with Crippen LogP contribution in [0.4, 0.5) is 11.4 Å². The highest BCUT2D eigenvalue weighted by molar-refractivity contribution is 7.92. The Labute approximate surface area is 246 Å². The molecule has 0 aliphatic heterocycles. The molecule has 1 N–H and O–H groups in total. The Morgan fingerprint density at radius 2 is 1.69 bits per heavy atom. The molecule has 3 rings (SSSR count). The summed E-state index contributed by atoms with van der Waals surface area (Å²) in [7, 11) is -2.53. The van der Waals surface area contributed by atoms with Crippen molar-refractivity contribution in [1.29, 1.82) is 0 Å². The lowest BCUT2D eigenvalue weighted by molar-refractivity contribution is -0.384. The van der Waals surface area contributed by atoms with Crippen LogP contribution in [0.5, 0.6) is 5.75 Å². The summed E-state index contributed by atoms with van der Waals surface area (Å²) in [6, 6.07) is 20.4. The van der Waals surface area contributed by atoms with Gasteiger partial charge < -0.3 is 15.0 Å². The van der Waals surface area contributed by atoms with E-state index >= 15 is 0 Å². The van der Waals surface area contributed by atoms with Crippen LogP contribution in [0, 0.1) is 10.1 Å². The molecule has 0 fully saturated rings. The van der Waals surface area contributed by atoms with Crippen LogP contribution in [0.25, 0.3) is 0 Å². The van der Waals surface area contributed by atoms with E-state index in [1.165, 1.54) is 30.2 Å². The molecule has 0 aliphatic rings. The number of amides is 2. The zero-order valence-electron chi connectivity index (χ0n) is 23.9. The summed E-state index contributed by atoms with van der Waals surface area (Å²) in [5.74, 6) is -0.465. The van der Waals surface area contributed by atoms with E-state index in [-0.39, 0.29) is 30.2 Å². The number of non-ortho nitro benzene ring substituents is 1. The zero-order valence-corrected chi connectivity index (χ0v) is 24.7. The average molecular weight is 597 g/mol. The van der Waals surface area contributed by atoms with Crippen molar-refractivity contribution < 1.29 is 27.7 Å². The van der Waals surface area contributed by atoms with Crippen LogP contribution in [0.15, 0.2) is 78.9 Å². The van der Waals surface area contributed by atoms with Gasteiger partial charge in [-0.3, -0.25) is 24.0 Å².